The van der Waals surface area contributed by atoms with Crippen molar-refractivity contribution in [3.63, 3.8) is 0 Å². The number of nitrogens with zero attached hydrogens (tertiary/aromatic N) is 1. The highest BCUT2D eigenvalue weighted by Crippen LogP contribution is 2.27. The SMILES string of the molecule is Cc1ccc(C(Cl)CN2CCCC(C)C2)c(C)c1. The highest BCUT2D eigenvalue weighted by molar-refractivity contribution is 6.21. The maximum atomic E-state index is 6.60. The van der Waals surface area contributed by atoms with Gasteiger partial charge in [-0.3, -0.25) is 0 Å². The molecule has 2 rings (SSSR count). The number of piperidine rings is 1. The summed E-state index contributed by atoms with van der Waals surface area (Å²) in [7, 11) is 0. The lowest BCUT2D eigenvalue weighted by Gasteiger charge is -2.32. The zero-order valence-corrected chi connectivity index (χ0v) is 12.5. The molecule has 1 aromatic rings. The van der Waals surface area contributed by atoms with E-state index in [1.54, 1.807) is 0 Å². The Morgan fingerprint density at radius 1 is 1.39 bits per heavy atom. The van der Waals surface area contributed by atoms with Gasteiger partial charge in [0.2, 0.25) is 0 Å². The molecule has 1 aromatic carbocycles. The van der Waals surface area contributed by atoms with Crippen LogP contribution in [0.5, 0.6) is 0 Å². The predicted molar refractivity (Wildman–Crippen MR) is 79.3 cm³/mol. The molecule has 2 heteroatoms. The van der Waals surface area contributed by atoms with E-state index in [9.17, 15) is 0 Å². The number of aryl methyl sites for hydroxylation is 2. The lowest BCUT2D eigenvalue weighted by Crippen LogP contribution is -2.36. The Kier molecular flexibility index (Phi) is 4.69. The van der Waals surface area contributed by atoms with Crippen molar-refractivity contribution in [2.45, 2.75) is 39.0 Å². The zero-order chi connectivity index (χ0) is 13.1. The Balaban J connectivity index is 2.00. The van der Waals surface area contributed by atoms with Crippen LogP contribution < -0.4 is 0 Å². The van der Waals surface area contributed by atoms with Gasteiger partial charge >= 0.3 is 0 Å². The molecular formula is C16H24ClN. The number of halogens is 1. The summed E-state index contributed by atoms with van der Waals surface area (Å²) in [4.78, 5) is 2.52. The lowest BCUT2D eigenvalue weighted by atomic mass is 9.98. The smallest absolute Gasteiger partial charge is 0.0714 e. The maximum Gasteiger partial charge on any atom is 0.0714 e. The normalized spacial score (nSPS) is 23.0. The van der Waals surface area contributed by atoms with Crippen LogP contribution in [0.15, 0.2) is 18.2 Å². The molecular weight excluding hydrogens is 242 g/mol. The Bertz CT molecular complexity index is 402. The molecule has 1 fully saturated rings. The highest BCUT2D eigenvalue weighted by atomic mass is 35.5. The van der Waals surface area contributed by atoms with Gasteiger partial charge in [0.05, 0.1) is 5.38 Å². The van der Waals surface area contributed by atoms with Gasteiger partial charge in [0.15, 0.2) is 0 Å². The number of rotatable bonds is 3. The van der Waals surface area contributed by atoms with Crippen molar-refractivity contribution in [2.24, 2.45) is 5.92 Å². The van der Waals surface area contributed by atoms with Gasteiger partial charge in [0.1, 0.15) is 0 Å². The summed E-state index contributed by atoms with van der Waals surface area (Å²) in [6, 6.07) is 6.58. The third-order valence-corrected chi connectivity index (χ3v) is 4.30. The molecule has 0 amide bonds. The van der Waals surface area contributed by atoms with Gasteiger partial charge in [-0.15, -0.1) is 11.6 Å². The monoisotopic (exact) mass is 265 g/mol. The van der Waals surface area contributed by atoms with Crippen molar-refractivity contribution in [2.75, 3.05) is 19.6 Å². The Labute approximate surface area is 116 Å². The summed E-state index contributed by atoms with van der Waals surface area (Å²) in [6.45, 7) is 10.0. The van der Waals surface area contributed by atoms with Gasteiger partial charge in [0.25, 0.3) is 0 Å². The fraction of sp³-hybridized carbons (Fsp3) is 0.625. The van der Waals surface area contributed by atoms with E-state index in [4.69, 9.17) is 11.6 Å². The van der Waals surface area contributed by atoms with Crippen LogP contribution >= 0.6 is 11.6 Å². The Hall–Kier alpha value is -0.530. The fourth-order valence-electron chi connectivity index (χ4n) is 2.95. The first-order valence-corrected chi connectivity index (χ1v) is 7.43. The molecule has 1 aliphatic heterocycles. The molecule has 0 bridgehead atoms. The number of alkyl halides is 1. The third kappa shape index (κ3) is 3.49. The molecule has 1 heterocycles. The number of hydrogen-bond donors (Lipinski definition) is 0. The minimum Gasteiger partial charge on any atom is -0.301 e. The van der Waals surface area contributed by atoms with Crippen LogP contribution in [-0.4, -0.2) is 24.5 Å². The number of likely N-dealkylation sites (tertiary alicyclic amines) is 1. The molecule has 0 N–H and O–H groups in total. The summed E-state index contributed by atoms with van der Waals surface area (Å²) >= 11 is 6.60. The van der Waals surface area contributed by atoms with E-state index >= 15 is 0 Å². The lowest BCUT2D eigenvalue weighted by molar-refractivity contribution is 0.184. The first kappa shape index (κ1) is 13.9. The molecule has 2 unspecified atom stereocenters. The minimum absolute atomic E-state index is 0.121. The van der Waals surface area contributed by atoms with Gasteiger partial charge in [-0.25, -0.2) is 0 Å². The van der Waals surface area contributed by atoms with E-state index in [1.807, 2.05) is 0 Å². The molecule has 1 aliphatic rings. The average molecular weight is 266 g/mol. The van der Waals surface area contributed by atoms with Crippen LogP contribution in [0.1, 0.15) is 41.8 Å². The van der Waals surface area contributed by atoms with Crippen LogP contribution in [0.4, 0.5) is 0 Å². The summed E-state index contributed by atoms with van der Waals surface area (Å²) in [5, 5.41) is 0.121. The van der Waals surface area contributed by atoms with Crippen LogP contribution in [0, 0.1) is 19.8 Å². The fourth-order valence-corrected chi connectivity index (χ4v) is 3.39. The summed E-state index contributed by atoms with van der Waals surface area (Å²) in [5.74, 6) is 0.821. The van der Waals surface area contributed by atoms with Crippen LogP contribution in [0.25, 0.3) is 0 Å². The molecule has 0 radical (unpaired) electrons. The third-order valence-electron chi connectivity index (χ3n) is 3.92. The number of benzene rings is 1. The molecule has 1 nitrogen and oxygen atoms in total. The first-order valence-electron chi connectivity index (χ1n) is 7.00. The second-order valence-corrected chi connectivity index (χ2v) is 6.36. The summed E-state index contributed by atoms with van der Waals surface area (Å²) < 4.78 is 0. The number of hydrogen-bond acceptors (Lipinski definition) is 1. The Morgan fingerprint density at radius 2 is 2.17 bits per heavy atom. The quantitative estimate of drug-likeness (QED) is 0.736. The molecule has 0 saturated carbocycles. The minimum atomic E-state index is 0.121. The highest BCUT2D eigenvalue weighted by Gasteiger charge is 2.20. The van der Waals surface area contributed by atoms with Crippen LogP contribution in [0.3, 0.4) is 0 Å². The summed E-state index contributed by atoms with van der Waals surface area (Å²) in [5.41, 5.74) is 3.92. The molecule has 0 aromatic heterocycles. The first-order chi connectivity index (χ1) is 8.56. The van der Waals surface area contributed by atoms with Gasteiger partial charge < -0.3 is 4.90 Å². The molecule has 1 saturated heterocycles. The predicted octanol–water partition coefficient (Wildman–Crippen LogP) is 4.32. The van der Waals surface area contributed by atoms with E-state index in [0.717, 1.165) is 12.5 Å². The van der Waals surface area contributed by atoms with E-state index in [0.29, 0.717) is 0 Å². The molecule has 0 aliphatic carbocycles. The topological polar surface area (TPSA) is 3.24 Å². The average Bonchev–Trinajstić information content (AvgIpc) is 2.28. The van der Waals surface area contributed by atoms with Crippen molar-refractivity contribution >= 4 is 11.6 Å². The van der Waals surface area contributed by atoms with E-state index in [2.05, 4.69) is 43.9 Å². The molecule has 0 spiro atoms. The van der Waals surface area contributed by atoms with Crippen molar-refractivity contribution in [3.8, 4) is 0 Å². The molecule has 18 heavy (non-hydrogen) atoms. The van der Waals surface area contributed by atoms with Crippen molar-refractivity contribution in [1.82, 2.24) is 4.90 Å². The van der Waals surface area contributed by atoms with Gasteiger partial charge in [-0.1, -0.05) is 30.7 Å². The largest absolute Gasteiger partial charge is 0.301 e. The second kappa shape index (κ2) is 6.08. The molecule has 2 atom stereocenters. The van der Waals surface area contributed by atoms with Gasteiger partial charge in [-0.05, 0) is 50.3 Å². The van der Waals surface area contributed by atoms with E-state index in [-0.39, 0.29) is 5.38 Å². The van der Waals surface area contributed by atoms with Crippen molar-refractivity contribution < 1.29 is 0 Å². The second-order valence-electron chi connectivity index (χ2n) is 5.83. The van der Waals surface area contributed by atoms with Crippen molar-refractivity contribution in [1.29, 1.82) is 0 Å². The maximum absolute atomic E-state index is 6.60. The Morgan fingerprint density at radius 3 is 2.83 bits per heavy atom. The van der Waals surface area contributed by atoms with E-state index in [1.165, 1.54) is 42.6 Å². The van der Waals surface area contributed by atoms with Gasteiger partial charge in [-0.2, -0.15) is 0 Å². The van der Waals surface area contributed by atoms with Crippen LogP contribution in [0.2, 0.25) is 0 Å². The molecule has 100 valence electrons. The zero-order valence-electron chi connectivity index (χ0n) is 11.7. The van der Waals surface area contributed by atoms with Crippen molar-refractivity contribution in [3.05, 3.63) is 34.9 Å². The van der Waals surface area contributed by atoms with Gasteiger partial charge in [0, 0.05) is 13.1 Å². The van der Waals surface area contributed by atoms with Crippen LogP contribution in [-0.2, 0) is 0 Å². The van der Waals surface area contributed by atoms with E-state index < -0.39 is 0 Å². The standard InChI is InChI=1S/C16H24ClN/c1-12-6-7-15(14(3)9-12)16(17)11-18-8-4-5-13(2)10-18/h6-7,9,13,16H,4-5,8,10-11H2,1-3H3. The summed E-state index contributed by atoms with van der Waals surface area (Å²) in [6.07, 6.45) is 2.69.